The Morgan fingerprint density at radius 3 is 3.00 bits per heavy atom. The summed E-state index contributed by atoms with van der Waals surface area (Å²) in [6.45, 7) is 7.41. The van der Waals surface area contributed by atoms with Gasteiger partial charge in [0.1, 0.15) is 5.82 Å². The molecule has 0 bridgehead atoms. The number of aliphatic imine (C=N–C) groups is 1. The number of ether oxygens (including phenoxy) is 1. The van der Waals surface area contributed by atoms with Crippen LogP contribution in [0.25, 0.3) is 0 Å². The molecule has 2 fully saturated rings. The SMILES string of the molecule is CCNC(=NCc1cccnc1N1CCCC(C(N)=O)C1)NCCCOCC1CC1. The van der Waals surface area contributed by atoms with E-state index in [2.05, 4.69) is 33.5 Å². The average molecular weight is 417 g/mol. The standard InChI is InChI=1S/C22H36N6O2/c1-2-24-22(26-11-5-13-30-16-17-8-9-17)27-14-18-6-3-10-25-21(18)28-12-4-7-19(15-28)20(23)29/h3,6,10,17,19H,2,4-5,7-9,11-16H2,1H3,(H2,23,29)(H2,24,26,27). The second kappa shape index (κ2) is 11.7. The van der Waals surface area contributed by atoms with Gasteiger partial charge in [0.15, 0.2) is 5.96 Å². The maximum absolute atomic E-state index is 11.6. The Bertz CT molecular complexity index is 707. The topological polar surface area (TPSA) is 105 Å². The minimum atomic E-state index is -0.227. The summed E-state index contributed by atoms with van der Waals surface area (Å²) in [7, 11) is 0. The lowest BCUT2D eigenvalue weighted by Gasteiger charge is -2.33. The number of carbonyl (C=O) groups is 1. The molecule has 0 radical (unpaired) electrons. The van der Waals surface area contributed by atoms with E-state index in [1.165, 1.54) is 12.8 Å². The van der Waals surface area contributed by atoms with Crippen LogP contribution < -0.4 is 21.3 Å². The molecule has 1 aromatic rings. The van der Waals surface area contributed by atoms with Gasteiger partial charge in [-0.05, 0) is 51.0 Å². The second-order valence-electron chi connectivity index (χ2n) is 8.17. The number of primary amides is 1. The molecule has 8 heteroatoms. The highest BCUT2D eigenvalue weighted by Gasteiger charge is 2.26. The van der Waals surface area contributed by atoms with Crippen molar-refractivity contribution in [2.24, 2.45) is 22.6 Å². The Balaban J connectivity index is 1.53. The number of anilines is 1. The van der Waals surface area contributed by atoms with Gasteiger partial charge in [-0.15, -0.1) is 0 Å². The Labute approximate surface area is 179 Å². The van der Waals surface area contributed by atoms with Crippen LogP contribution in [-0.4, -0.2) is 56.2 Å². The van der Waals surface area contributed by atoms with Gasteiger partial charge in [0, 0.05) is 51.2 Å². The third-order valence-electron chi connectivity index (χ3n) is 5.55. The second-order valence-corrected chi connectivity index (χ2v) is 8.17. The Kier molecular flexibility index (Phi) is 8.74. The normalized spacial score (nSPS) is 19.6. The number of carbonyl (C=O) groups excluding carboxylic acids is 1. The summed E-state index contributed by atoms with van der Waals surface area (Å²) < 4.78 is 5.69. The number of rotatable bonds is 11. The monoisotopic (exact) mass is 416 g/mol. The minimum Gasteiger partial charge on any atom is -0.381 e. The van der Waals surface area contributed by atoms with E-state index in [1.807, 2.05) is 6.07 Å². The van der Waals surface area contributed by atoms with Crippen LogP contribution in [0.2, 0.25) is 0 Å². The molecule has 1 atom stereocenters. The fourth-order valence-corrected chi connectivity index (χ4v) is 3.66. The van der Waals surface area contributed by atoms with E-state index in [9.17, 15) is 4.79 Å². The predicted molar refractivity (Wildman–Crippen MR) is 119 cm³/mol. The van der Waals surface area contributed by atoms with E-state index in [4.69, 9.17) is 15.5 Å². The van der Waals surface area contributed by atoms with E-state index < -0.39 is 0 Å². The molecule has 1 aliphatic carbocycles. The van der Waals surface area contributed by atoms with Crippen LogP contribution in [0.1, 0.15) is 44.6 Å². The molecular weight excluding hydrogens is 380 g/mol. The molecular formula is C22H36N6O2. The molecule has 1 unspecified atom stereocenters. The molecule has 30 heavy (non-hydrogen) atoms. The van der Waals surface area contributed by atoms with Crippen LogP contribution in [0.4, 0.5) is 5.82 Å². The number of nitrogens with zero attached hydrogens (tertiary/aromatic N) is 3. The first kappa shape index (κ1) is 22.3. The Morgan fingerprint density at radius 2 is 2.23 bits per heavy atom. The van der Waals surface area contributed by atoms with Crippen molar-refractivity contribution < 1.29 is 9.53 Å². The highest BCUT2D eigenvalue weighted by Crippen LogP contribution is 2.28. The molecule has 1 saturated heterocycles. The molecule has 166 valence electrons. The number of aromatic nitrogens is 1. The summed E-state index contributed by atoms with van der Waals surface area (Å²) >= 11 is 0. The Morgan fingerprint density at radius 1 is 1.37 bits per heavy atom. The molecule has 0 spiro atoms. The fourth-order valence-electron chi connectivity index (χ4n) is 3.66. The van der Waals surface area contributed by atoms with E-state index in [-0.39, 0.29) is 11.8 Å². The van der Waals surface area contributed by atoms with Crippen molar-refractivity contribution in [1.82, 2.24) is 15.6 Å². The lowest BCUT2D eigenvalue weighted by Crippen LogP contribution is -2.42. The fraction of sp³-hybridized carbons (Fsp3) is 0.682. The zero-order valence-corrected chi connectivity index (χ0v) is 18.1. The molecule has 1 aromatic heterocycles. The van der Waals surface area contributed by atoms with Gasteiger partial charge in [0.2, 0.25) is 5.91 Å². The number of piperidine rings is 1. The summed E-state index contributed by atoms with van der Waals surface area (Å²) in [5, 5.41) is 6.68. The number of hydrogen-bond acceptors (Lipinski definition) is 5. The van der Waals surface area contributed by atoms with Crippen LogP contribution in [0.5, 0.6) is 0 Å². The van der Waals surface area contributed by atoms with Gasteiger partial charge in [0.05, 0.1) is 12.5 Å². The van der Waals surface area contributed by atoms with Crippen molar-refractivity contribution in [2.75, 3.05) is 44.3 Å². The molecule has 4 N–H and O–H groups in total. The van der Waals surface area contributed by atoms with Gasteiger partial charge >= 0.3 is 0 Å². The summed E-state index contributed by atoms with van der Waals surface area (Å²) in [5.41, 5.74) is 6.59. The van der Waals surface area contributed by atoms with Crippen LogP contribution in [0, 0.1) is 11.8 Å². The lowest BCUT2D eigenvalue weighted by molar-refractivity contribution is -0.122. The average Bonchev–Trinajstić information content (AvgIpc) is 3.59. The van der Waals surface area contributed by atoms with Crippen LogP contribution in [0.3, 0.4) is 0 Å². The highest BCUT2D eigenvalue weighted by atomic mass is 16.5. The maximum atomic E-state index is 11.6. The summed E-state index contributed by atoms with van der Waals surface area (Å²) in [5.74, 6) is 2.16. The van der Waals surface area contributed by atoms with Gasteiger partial charge in [-0.25, -0.2) is 9.98 Å². The van der Waals surface area contributed by atoms with E-state index in [0.717, 1.165) is 75.4 Å². The van der Waals surface area contributed by atoms with Crippen molar-refractivity contribution in [1.29, 1.82) is 0 Å². The predicted octanol–water partition coefficient (Wildman–Crippen LogP) is 1.66. The third-order valence-corrected chi connectivity index (χ3v) is 5.55. The molecule has 0 aromatic carbocycles. The van der Waals surface area contributed by atoms with E-state index in [1.54, 1.807) is 6.20 Å². The number of guanidine groups is 1. The maximum Gasteiger partial charge on any atom is 0.222 e. The lowest BCUT2D eigenvalue weighted by atomic mass is 9.97. The molecule has 2 aliphatic rings. The van der Waals surface area contributed by atoms with Gasteiger partial charge in [0.25, 0.3) is 0 Å². The zero-order chi connectivity index (χ0) is 21.2. The van der Waals surface area contributed by atoms with Crippen molar-refractivity contribution in [2.45, 2.75) is 45.6 Å². The molecule has 1 amide bonds. The molecule has 8 nitrogen and oxygen atoms in total. The molecule has 3 rings (SSSR count). The number of hydrogen-bond donors (Lipinski definition) is 3. The van der Waals surface area contributed by atoms with Crippen LogP contribution >= 0.6 is 0 Å². The van der Waals surface area contributed by atoms with Crippen molar-refractivity contribution in [3.63, 3.8) is 0 Å². The summed E-state index contributed by atoms with van der Waals surface area (Å²) in [6, 6.07) is 3.98. The molecule has 2 heterocycles. The van der Waals surface area contributed by atoms with E-state index in [0.29, 0.717) is 13.1 Å². The minimum absolute atomic E-state index is 0.113. The molecule has 1 aliphatic heterocycles. The highest BCUT2D eigenvalue weighted by molar-refractivity contribution is 5.80. The van der Waals surface area contributed by atoms with Gasteiger partial charge in [-0.1, -0.05) is 6.07 Å². The largest absolute Gasteiger partial charge is 0.381 e. The van der Waals surface area contributed by atoms with Gasteiger partial charge < -0.3 is 26.0 Å². The Hall–Kier alpha value is -2.35. The number of nitrogens with one attached hydrogen (secondary N) is 2. The zero-order valence-electron chi connectivity index (χ0n) is 18.1. The van der Waals surface area contributed by atoms with E-state index >= 15 is 0 Å². The van der Waals surface area contributed by atoms with Crippen LogP contribution in [-0.2, 0) is 16.1 Å². The van der Waals surface area contributed by atoms with Crippen LogP contribution in [0.15, 0.2) is 23.3 Å². The summed E-state index contributed by atoms with van der Waals surface area (Å²) in [4.78, 5) is 23.1. The molecule has 1 saturated carbocycles. The number of nitrogens with two attached hydrogens (primary N) is 1. The van der Waals surface area contributed by atoms with Crippen molar-refractivity contribution in [3.05, 3.63) is 23.9 Å². The van der Waals surface area contributed by atoms with Gasteiger partial charge in [-0.2, -0.15) is 0 Å². The third kappa shape index (κ3) is 7.16. The quantitative estimate of drug-likeness (QED) is 0.288. The number of amides is 1. The van der Waals surface area contributed by atoms with Crippen molar-refractivity contribution in [3.8, 4) is 0 Å². The first-order chi connectivity index (χ1) is 14.7. The number of pyridine rings is 1. The van der Waals surface area contributed by atoms with Crippen molar-refractivity contribution >= 4 is 17.7 Å². The first-order valence-electron chi connectivity index (χ1n) is 11.3. The van der Waals surface area contributed by atoms with Gasteiger partial charge in [-0.3, -0.25) is 4.79 Å². The smallest absolute Gasteiger partial charge is 0.222 e. The summed E-state index contributed by atoms with van der Waals surface area (Å²) in [6.07, 6.45) is 7.20. The first-order valence-corrected chi connectivity index (χ1v) is 11.3.